The largest absolute Gasteiger partial charge is 0.507 e. The summed E-state index contributed by atoms with van der Waals surface area (Å²) in [7, 11) is 0. The van der Waals surface area contributed by atoms with E-state index in [0.29, 0.717) is 10.2 Å². The smallest absolute Gasteiger partial charge is 0.275 e. The van der Waals surface area contributed by atoms with Gasteiger partial charge in [-0.2, -0.15) is 5.10 Å². The van der Waals surface area contributed by atoms with Gasteiger partial charge in [0.2, 0.25) is 0 Å². The number of nitrogens with zero attached hydrogens (tertiary/aromatic N) is 1. The van der Waals surface area contributed by atoms with Crippen molar-refractivity contribution in [3.63, 3.8) is 0 Å². The second-order valence-corrected chi connectivity index (χ2v) is 5.08. The second kappa shape index (κ2) is 6.34. The molecule has 0 aliphatic heterocycles. The van der Waals surface area contributed by atoms with E-state index in [4.69, 9.17) is 0 Å². The molecule has 0 bridgehead atoms. The number of carbonyl (C=O) groups is 1. The molecule has 0 saturated carbocycles. The summed E-state index contributed by atoms with van der Waals surface area (Å²) < 4.78 is 0.712. The van der Waals surface area contributed by atoms with Gasteiger partial charge in [-0.3, -0.25) is 4.79 Å². The van der Waals surface area contributed by atoms with Gasteiger partial charge in [0.15, 0.2) is 0 Å². The van der Waals surface area contributed by atoms with E-state index in [1.165, 1.54) is 12.1 Å². The van der Waals surface area contributed by atoms with E-state index in [0.717, 1.165) is 5.56 Å². The van der Waals surface area contributed by atoms with Crippen molar-refractivity contribution in [1.82, 2.24) is 5.43 Å². The molecule has 1 amide bonds. The van der Waals surface area contributed by atoms with Crippen molar-refractivity contribution >= 4 is 27.5 Å². The molecule has 0 unspecified atom stereocenters. The Labute approximate surface area is 125 Å². The zero-order valence-electron chi connectivity index (χ0n) is 10.8. The summed E-state index contributed by atoms with van der Waals surface area (Å²) >= 11 is 3.25. The van der Waals surface area contributed by atoms with Crippen LogP contribution in [-0.2, 0) is 0 Å². The molecule has 2 aromatic rings. The highest BCUT2D eigenvalue weighted by molar-refractivity contribution is 9.10. The van der Waals surface area contributed by atoms with Crippen molar-refractivity contribution < 1.29 is 9.90 Å². The van der Waals surface area contributed by atoms with Crippen LogP contribution < -0.4 is 5.43 Å². The molecule has 0 radical (unpaired) electrons. The summed E-state index contributed by atoms with van der Waals surface area (Å²) in [4.78, 5) is 12.0. The molecule has 0 aliphatic rings. The van der Waals surface area contributed by atoms with Gasteiger partial charge in [0, 0.05) is 4.47 Å². The molecule has 0 fully saturated rings. The number of phenolic OH excluding ortho intramolecular Hbond substituents is 1. The van der Waals surface area contributed by atoms with Crippen LogP contribution in [0.3, 0.4) is 0 Å². The fourth-order valence-corrected chi connectivity index (χ4v) is 1.99. The summed E-state index contributed by atoms with van der Waals surface area (Å²) in [6.07, 6.45) is 0. The van der Waals surface area contributed by atoms with Crippen molar-refractivity contribution in [1.29, 1.82) is 0 Å². The first-order chi connectivity index (χ1) is 9.58. The number of rotatable bonds is 3. The lowest BCUT2D eigenvalue weighted by molar-refractivity contribution is 0.0952. The zero-order chi connectivity index (χ0) is 14.5. The normalized spacial score (nSPS) is 11.2. The van der Waals surface area contributed by atoms with Gasteiger partial charge in [-0.05, 0) is 30.7 Å². The van der Waals surface area contributed by atoms with Gasteiger partial charge in [-0.15, -0.1) is 0 Å². The van der Waals surface area contributed by atoms with Crippen molar-refractivity contribution in [3.8, 4) is 5.75 Å². The van der Waals surface area contributed by atoms with Crippen molar-refractivity contribution in [2.75, 3.05) is 0 Å². The summed E-state index contributed by atoms with van der Waals surface area (Å²) in [5, 5.41) is 13.7. The Morgan fingerprint density at radius 1 is 1.20 bits per heavy atom. The fraction of sp³-hybridized carbons (Fsp3) is 0.0667. The molecule has 2 N–H and O–H groups in total. The van der Waals surface area contributed by atoms with E-state index in [-0.39, 0.29) is 11.3 Å². The molecule has 0 aliphatic carbocycles. The van der Waals surface area contributed by atoms with Gasteiger partial charge >= 0.3 is 0 Å². The molecule has 5 heteroatoms. The summed E-state index contributed by atoms with van der Waals surface area (Å²) in [5.41, 5.74) is 4.21. The number of phenols is 1. The van der Waals surface area contributed by atoms with Crippen LogP contribution in [0.5, 0.6) is 5.75 Å². The first kappa shape index (κ1) is 14.3. The third kappa shape index (κ3) is 3.45. The van der Waals surface area contributed by atoms with Gasteiger partial charge < -0.3 is 5.11 Å². The molecule has 0 saturated heterocycles. The third-order valence-electron chi connectivity index (χ3n) is 2.72. The lowest BCUT2D eigenvalue weighted by Crippen LogP contribution is -2.19. The predicted molar refractivity (Wildman–Crippen MR) is 81.9 cm³/mol. The number of amides is 1. The minimum absolute atomic E-state index is 0.0849. The first-order valence-corrected chi connectivity index (χ1v) is 6.76. The number of halogens is 1. The quantitative estimate of drug-likeness (QED) is 0.669. The second-order valence-electron chi connectivity index (χ2n) is 4.17. The van der Waals surface area contributed by atoms with Crippen molar-refractivity contribution in [2.24, 2.45) is 5.10 Å². The number of hydrogen-bond donors (Lipinski definition) is 2. The topological polar surface area (TPSA) is 61.7 Å². The third-order valence-corrected chi connectivity index (χ3v) is 3.21. The van der Waals surface area contributed by atoms with Crippen molar-refractivity contribution in [3.05, 3.63) is 64.1 Å². The van der Waals surface area contributed by atoms with E-state index < -0.39 is 5.91 Å². The molecular weight excluding hydrogens is 320 g/mol. The van der Waals surface area contributed by atoms with Gasteiger partial charge in [-0.25, -0.2) is 5.43 Å². The van der Waals surface area contributed by atoms with Crippen LogP contribution in [0.4, 0.5) is 0 Å². The van der Waals surface area contributed by atoms with E-state index in [1.54, 1.807) is 13.0 Å². The Morgan fingerprint density at radius 3 is 2.60 bits per heavy atom. The van der Waals surface area contributed by atoms with E-state index in [1.807, 2.05) is 30.3 Å². The summed E-state index contributed by atoms with van der Waals surface area (Å²) in [5.74, 6) is -0.544. The van der Waals surface area contributed by atoms with E-state index in [9.17, 15) is 9.90 Å². The van der Waals surface area contributed by atoms with Crippen LogP contribution in [0.25, 0.3) is 0 Å². The highest BCUT2D eigenvalue weighted by atomic mass is 79.9. The Hall–Kier alpha value is -2.14. The highest BCUT2D eigenvalue weighted by Gasteiger charge is 2.11. The predicted octanol–water partition coefficient (Wildman–Crippen LogP) is 3.31. The lowest BCUT2D eigenvalue weighted by Gasteiger charge is -2.05. The molecule has 0 heterocycles. The molecule has 0 atom stereocenters. The van der Waals surface area contributed by atoms with Gasteiger partial charge in [0.25, 0.3) is 5.91 Å². The molecule has 102 valence electrons. The highest BCUT2D eigenvalue weighted by Crippen LogP contribution is 2.21. The fourth-order valence-electron chi connectivity index (χ4n) is 1.63. The average Bonchev–Trinajstić information content (AvgIpc) is 2.47. The van der Waals surface area contributed by atoms with Crippen LogP contribution in [0.2, 0.25) is 0 Å². The monoisotopic (exact) mass is 332 g/mol. The van der Waals surface area contributed by atoms with Crippen molar-refractivity contribution in [2.45, 2.75) is 6.92 Å². The molecule has 0 aromatic heterocycles. The molecule has 2 rings (SSSR count). The average molecular weight is 333 g/mol. The molecule has 2 aromatic carbocycles. The van der Waals surface area contributed by atoms with Gasteiger partial charge in [-0.1, -0.05) is 46.3 Å². The Kier molecular flexibility index (Phi) is 4.53. The van der Waals surface area contributed by atoms with Crippen LogP contribution in [0.1, 0.15) is 22.8 Å². The van der Waals surface area contributed by atoms with Crippen LogP contribution >= 0.6 is 15.9 Å². The Balaban J connectivity index is 2.14. The van der Waals surface area contributed by atoms with Crippen LogP contribution in [0.15, 0.2) is 58.1 Å². The number of hydrazone groups is 1. The minimum Gasteiger partial charge on any atom is -0.507 e. The van der Waals surface area contributed by atoms with E-state index >= 15 is 0 Å². The Morgan fingerprint density at radius 2 is 1.90 bits per heavy atom. The number of aromatic hydroxyl groups is 1. The lowest BCUT2D eigenvalue weighted by atomic mass is 10.1. The Bertz CT molecular complexity index is 654. The standard InChI is InChI=1S/C15H13BrN2O2/c1-10(11-5-3-2-4-6-11)17-18-15(20)13-9-12(16)7-8-14(13)19/h2-9,19H,1H3,(H,18,20)/b17-10+. The van der Waals surface area contributed by atoms with Crippen LogP contribution in [-0.4, -0.2) is 16.7 Å². The number of benzene rings is 2. The maximum absolute atomic E-state index is 12.0. The zero-order valence-corrected chi connectivity index (χ0v) is 12.4. The molecule has 4 nitrogen and oxygen atoms in total. The summed E-state index contributed by atoms with van der Waals surface area (Å²) in [6.45, 7) is 1.80. The molecule has 20 heavy (non-hydrogen) atoms. The van der Waals surface area contributed by atoms with Crippen LogP contribution in [0, 0.1) is 0 Å². The number of hydrogen-bond acceptors (Lipinski definition) is 3. The van der Waals surface area contributed by atoms with Gasteiger partial charge in [0.1, 0.15) is 5.75 Å². The maximum atomic E-state index is 12.0. The van der Waals surface area contributed by atoms with Gasteiger partial charge in [0.05, 0.1) is 11.3 Å². The molecule has 0 spiro atoms. The van der Waals surface area contributed by atoms with E-state index in [2.05, 4.69) is 26.5 Å². The summed E-state index contributed by atoms with van der Waals surface area (Å²) in [6, 6.07) is 14.2. The number of carbonyl (C=O) groups excluding carboxylic acids is 1. The minimum atomic E-state index is -0.459. The molecular formula is C15H13BrN2O2. The first-order valence-electron chi connectivity index (χ1n) is 5.96. The SMILES string of the molecule is C/C(=N\NC(=O)c1cc(Br)ccc1O)c1ccccc1. The maximum Gasteiger partial charge on any atom is 0.275 e. The number of nitrogens with one attached hydrogen (secondary N) is 1.